The van der Waals surface area contributed by atoms with Crippen molar-refractivity contribution in [1.29, 1.82) is 0 Å². The van der Waals surface area contributed by atoms with Crippen molar-refractivity contribution in [2.75, 3.05) is 0 Å². The van der Waals surface area contributed by atoms with Crippen LogP contribution < -0.4 is 0 Å². The monoisotopic (exact) mass is 524 g/mol. The van der Waals surface area contributed by atoms with Crippen LogP contribution in [0.25, 0.3) is 32.9 Å². The van der Waals surface area contributed by atoms with Crippen molar-refractivity contribution < 1.29 is 23.1 Å². The minimum absolute atomic E-state index is 0.261. The predicted octanol–water partition coefficient (Wildman–Crippen LogP) is 8.08. The van der Waals surface area contributed by atoms with Crippen LogP contribution in [0.2, 0.25) is 0 Å². The van der Waals surface area contributed by atoms with Crippen molar-refractivity contribution in [1.82, 2.24) is 9.13 Å². The van der Waals surface area contributed by atoms with Crippen LogP contribution in [0.15, 0.2) is 109 Å². The van der Waals surface area contributed by atoms with E-state index in [1.54, 1.807) is 18.2 Å². The Morgan fingerprint density at radius 3 is 1.77 bits per heavy atom. The fraction of sp³-hybridized carbons (Fsp3) is 0.0938. The molecule has 4 aromatic carbocycles. The van der Waals surface area contributed by atoms with E-state index < -0.39 is 17.7 Å². The van der Waals surface area contributed by atoms with E-state index in [0.29, 0.717) is 13.1 Å². The number of carbonyl (C=O) groups is 1. The molecule has 2 aromatic heterocycles. The third-order valence-electron chi connectivity index (χ3n) is 7.04. The second-order valence-corrected chi connectivity index (χ2v) is 9.63. The molecule has 6 rings (SSSR count). The lowest BCUT2D eigenvalue weighted by Gasteiger charge is -2.11. The van der Waals surface area contributed by atoms with Crippen molar-refractivity contribution in [2.45, 2.75) is 19.3 Å². The van der Waals surface area contributed by atoms with E-state index in [1.807, 2.05) is 35.2 Å². The molecule has 0 radical (unpaired) electrons. The first-order valence-corrected chi connectivity index (χ1v) is 12.4. The van der Waals surface area contributed by atoms with Gasteiger partial charge >= 0.3 is 12.1 Å². The van der Waals surface area contributed by atoms with Crippen molar-refractivity contribution >= 4 is 27.8 Å². The van der Waals surface area contributed by atoms with Crippen LogP contribution in [0.5, 0.6) is 0 Å². The summed E-state index contributed by atoms with van der Waals surface area (Å²) in [4.78, 5) is 11.4. The predicted molar refractivity (Wildman–Crippen MR) is 146 cm³/mol. The smallest absolute Gasteiger partial charge is 0.416 e. The number of hydrogen-bond donors (Lipinski definition) is 1. The molecule has 0 aliphatic carbocycles. The highest BCUT2D eigenvalue weighted by atomic mass is 19.4. The molecule has 1 N–H and O–H groups in total. The Balaban J connectivity index is 1.31. The fourth-order valence-electron chi connectivity index (χ4n) is 5.00. The molecule has 0 saturated carbocycles. The molecular formula is C32H23F3N2O2. The van der Waals surface area contributed by atoms with E-state index in [-0.39, 0.29) is 5.56 Å². The Bertz CT molecular complexity index is 1830. The van der Waals surface area contributed by atoms with Gasteiger partial charge in [-0.1, -0.05) is 48.5 Å². The number of carboxylic acids is 1. The average Bonchev–Trinajstić information content (AvgIpc) is 3.52. The van der Waals surface area contributed by atoms with Crippen LogP contribution in [0.3, 0.4) is 0 Å². The first-order valence-electron chi connectivity index (χ1n) is 12.4. The number of halogens is 3. The highest BCUT2D eigenvalue weighted by molar-refractivity contribution is 5.90. The summed E-state index contributed by atoms with van der Waals surface area (Å²) >= 11 is 0. The SMILES string of the molecule is O=C(O)c1cccc(Cn2ccc3ccc(-c4ccc5ccn(Cc6ccc(C(F)(F)F)cc6)c5c4)cc32)c1. The number of hydrogen-bond acceptors (Lipinski definition) is 1. The Kier molecular flexibility index (Phi) is 5.99. The van der Waals surface area contributed by atoms with E-state index in [9.17, 15) is 23.1 Å². The summed E-state index contributed by atoms with van der Waals surface area (Å²) in [6.45, 7) is 1.01. The van der Waals surface area contributed by atoms with Crippen molar-refractivity contribution in [2.24, 2.45) is 0 Å². The van der Waals surface area contributed by atoms with Gasteiger partial charge in [-0.2, -0.15) is 13.2 Å². The van der Waals surface area contributed by atoms with Crippen LogP contribution in [0.1, 0.15) is 27.0 Å². The van der Waals surface area contributed by atoms with Gasteiger partial charge in [0.1, 0.15) is 0 Å². The van der Waals surface area contributed by atoms with Gasteiger partial charge in [0.05, 0.1) is 11.1 Å². The Morgan fingerprint density at radius 2 is 1.23 bits per heavy atom. The lowest BCUT2D eigenvalue weighted by atomic mass is 10.0. The molecular weight excluding hydrogens is 501 g/mol. The Labute approximate surface area is 222 Å². The van der Waals surface area contributed by atoms with Gasteiger partial charge in [0, 0.05) is 36.5 Å². The molecule has 7 heteroatoms. The highest BCUT2D eigenvalue weighted by Gasteiger charge is 2.29. The summed E-state index contributed by atoms with van der Waals surface area (Å²) in [6.07, 6.45) is -0.400. The summed E-state index contributed by atoms with van der Waals surface area (Å²) in [7, 11) is 0. The maximum absolute atomic E-state index is 12.9. The molecule has 0 aliphatic rings. The number of aromatic nitrogens is 2. The number of carboxylic acid groups (broad SMARTS) is 1. The zero-order valence-corrected chi connectivity index (χ0v) is 20.7. The lowest BCUT2D eigenvalue weighted by molar-refractivity contribution is -0.137. The summed E-state index contributed by atoms with van der Waals surface area (Å²) < 4.78 is 43.0. The Hall–Kier alpha value is -4.78. The van der Waals surface area contributed by atoms with Gasteiger partial charge in [0.25, 0.3) is 0 Å². The largest absolute Gasteiger partial charge is 0.478 e. The normalized spacial score (nSPS) is 11.9. The number of rotatable bonds is 6. The van der Waals surface area contributed by atoms with Crippen LogP contribution in [-0.2, 0) is 19.3 Å². The van der Waals surface area contributed by atoms with E-state index >= 15 is 0 Å². The molecule has 2 heterocycles. The molecule has 0 bridgehead atoms. The fourth-order valence-corrected chi connectivity index (χ4v) is 5.00. The van der Waals surface area contributed by atoms with Crippen LogP contribution in [-0.4, -0.2) is 20.2 Å². The average molecular weight is 525 g/mol. The summed E-state index contributed by atoms with van der Waals surface area (Å²) in [5, 5.41) is 11.5. The van der Waals surface area contributed by atoms with Crippen LogP contribution >= 0.6 is 0 Å². The minimum Gasteiger partial charge on any atom is -0.478 e. The zero-order valence-electron chi connectivity index (χ0n) is 20.7. The molecule has 6 aromatic rings. The summed E-state index contributed by atoms with van der Waals surface area (Å²) in [5.41, 5.74) is 5.39. The lowest BCUT2D eigenvalue weighted by Crippen LogP contribution is -2.05. The molecule has 0 spiro atoms. The van der Waals surface area contributed by atoms with Gasteiger partial charge in [0.15, 0.2) is 0 Å². The minimum atomic E-state index is -4.35. The van der Waals surface area contributed by atoms with Crippen molar-refractivity contribution in [3.63, 3.8) is 0 Å². The third kappa shape index (κ3) is 4.91. The van der Waals surface area contributed by atoms with Crippen LogP contribution in [0.4, 0.5) is 13.2 Å². The molecule has 0 saturated heterocycles. The molecule has 0 unspecified atom stereocenters. The van der Waals surface area contributed by atoms with Gasteiger partial charge in [0.2, 0.25) is 0 Å². The van der Waals surface area contributed by atoms with Gasteiger partial charge in [-0.15, -0.1) is 0 Å². The Morgan fingerprint density at radius 1 is 0.667 bits per heavy atom. The van der Waals surface area contributed by atoms with Crippen molar-refractivity contribution in [3.8, 4) is 11.1 Å². The van der Waals surface area contributed by atoms with E-state index in [2.05, 4.69) is 41.0 Å². The molecule has 0 fully saturated rings. The standard InChI is InChI=1S/C32H23F3N2O2/c33-32(34,35)28-10-4-21(5-11-28)19-36-14-12-23-6-8-25(17-29(23)36)26-9-7-24-13-15-37(30(24)18-26)20-22-2-1-3-27(16-22)31(38)39/h1-18H,19-20H2,(H,38,39). The molecule has 0 aliphatic heterocycles. The molecule has 194 valence electrons. The van der Waals surface area contributed by atoms with Crippen molar-refractivity contribution in [3.05, 3.63) is 132 Å². The van der Waals surface area contributed by atoms with Gasteiger partial charge in [-0.3, -0.25) is 0 Å². The van der Waals surface area contributed by atoms with Gasteiger partial charge < -0.3 is 14.2 Å². The quantitative estimate of drug-likeness (QED) is 0.239. The molecule has 39 heavy (non-hydrogen) atoms. The van der Waals surface area contributed by atoms with Crippen LogP contribution in [0, 0.1) is 0 Å². The summed E-state index contributed by atoms with van der Waals surface area (Å²) in [5.74, 6) is -0.949. The van der Waals surface area contributed by atoms with E-state index in [4.69, 9.17) is 0 Å². The number of nitrogens with zero attached hydrogens (tertiary/aromatic N) is 2. The highest BCUT2D eigenvalue weighted by Crippen LogP contribution is 2.31. The van der Waals surface area contributed by atoms with E-state index in [0.717, 1.165) is 56.2 Å². The second kappa shape index (κ2) is 9.51. The maximum atomic E-state index is 12.9. The number of benzene rings is 4. The molecule has 0 atom stereocenters. The molecule has 0 amide bonds. The number of fused-ring (bicyclic) bond motifs is 2. The molecule has 4 nitrogen and oxygen atoms in total. The van der Waals surface area contributed by atoms with Gasteiger partial charge in [-0.05, 0) is 81.6 Å². The third-order valence-corrected chi connectivity index (χ3v) is 7.04. The van der Waals surface area contributed by atoms with Gasteiger partial charge in [-0.25, -0.2) is 4.79 Å². The summed E-state index contributed by atoms with van der Waals surface area (Å²) in [6, 6.07) is 28.8. The first kappa shape index (κ1) is 24.6. The maximum Gasteiger partial charge on any atom is 0.416 e. The number of alkyl halides is 3. The topological polar surface area (TPSA) is 47.2 Å². The van der Waals surface area contributed by atoms with E-state index in [1.165, 1.54) is 12.1 Å². The second-order valence-electron chi connectivity index (χ2n) is 9.63. The number of aromatic carboxylic acids is 1. The first-order chi connectivity index (χ1) is 18.7. The zero-order chi connectivity index (χ0) is 27.1.